The van der Waals surface area contributed by atoms with Gasteiger partial charge < -0.3 is 14.8 Å². The van der Waals surface area contributed by atoms with Gasteiger partial charge in [0.2, 0.25) is 0 Å². The van der Waals surface area contributed by atoms with Crippen LogP contribution in [0.25, 0.3) is 0 Å². The number of aryl methyl sites for hydroxylation is 1. The van der Waals surface area contributed by atoms with Gasteiger partial charge in [-0.2, -0.15) is 0 Å². The molecular formula is C19H24N4O3. The van der Waals surface area contributed by atoms with E-state index in [9.17, 15) is 4.79 Å². The fraction of sp³-hybridized carbons (Fsp3) is 0.421. The second-order valence-corrected chi connectivity index (χ2v) is 6.19. The number of ether oxygens (including phenoxy) is 2. The normalized spacial score (nSPS) is 16.1. The second-order valence-electron chi connectivity index (χ2n) is 6.19. The number of benzene rings is 1. The SMILES string of the molecule is COc1ccc([C@@H](CNC(=O)c2cnc(C)cn2)N2CCOCC2)cc1. The van der Waals surface area contributed by atoms with E-state index in [4.69, 9.17) is 9.47 Å². The molecule has 0 spiro atoms. The van der Waals surface area contributed by atoms with Crippen LogP contribution in [0.2, 0.25) is 0 Å². The Labute approximate surface area is 153 Å². The molecule has 1 aromatic heterocycles. The minimum Gasteiger partial charge on any atom is -0.497 e. The number of nitrogens with zero attached hydrogens (tertiary/aromatic N) is 3. The summed E-state index contributed by atoms with van der Waals surface area (Å²) >= 11 is 0. The average molecular weight is 356 g/mol. The highest BCUT2D eigenvalue weighted by Gasteiger charge is 2.23. The summed E-state index contributed by atoms with van der Waals surface area (Å²) in [6.07, 6.45) is 3.10. The molecular weight excluding hydrogens is 332 g/mol. The minimum atomic E-state index is -0.218. The second kappa shape index (κ2) is 8.73. The van der Waals surface area contributed by atoms with E-state index in [0.717, 1.165) is 30.1 Å². The zero-order valence-corrected chi connectivity index (χ0v) is 15.1. The van der Waals surface area contributed by atoms with E-state index in [2.05, 4.69) is 20.2 Å². The fourth-order valence-electron chi connectivity index (χ4n) is 2.96. The van der Waals surface area contributed by atoms with E-state index >= 15 is 0 Å². The smallest absolute Gasteiger partial charge is 0.271 e. The maximum absolute atomic E-state index is 12.4. The molecule has 1 N–H and O–H groups in total. The Balaban J connectivity index is 1.72. The van der Waals surface area contributed by atoms with E-state index in [1.54, 1.807) is 13.3 Å². The predicted octanol–water partition coefficient (Wildman–Crippen LogP) is 1.60. The zero-order chi connectivity index (χ0) is 18.4. The molecule has 1 aliphatic heterocycles. The monoisotopic (exact) mass is 356 g/mol. The molecule has 1 atom stereocenters. The maximum Gasteiger partial charge on any atom is 0.271 e. The number of carbonyl (C=O) groups is 1. The molecule has 1 fully saturated rings. The molecule has 1 amide bonds. The highest BCUT2D eigenvalue weighted by molar-refractivity contribution is 5.91. The van der Waals surface area contributed by atoms with Gasteiger partial charge in [-0.3, -0.25) is 14.7 Å². The van der Waals surface area contributed by atoms with Crippen molar-refractivity contribution in [2.45, 2.75) is 13.0 Å². The van der Waals surface area contributed by atoms with E-state index < -0.39 is 0 Å². The first kappa shape index (κ1) is 18.3. The van der Waals surface area contributed by atoms with Crippen molar-refractivity contribution in [3.63, 3.8) is 0 Å². The summed E-state index contributed by atoms with van der Waals surface area (Å²) in [6, 6.07) is 8.02. The Morgan fingerprint density at radius 1 is 1.23 bits per heavy atom. The molecule has 26 heavy (non-hydrogen) atoms. The van der Waals surface area contributed by atoms with E-state index in [0.29, 0.717) is 25.5 Å². The van der Waals surface area contributed by atoms with E-state index in [1.165, 1.54) is 6.20 Å². The van der Waals surface area contributed by atoms with Crippen molar-refractivity contribution in [2.75, 3.05) is 40.0 Å². The number of morpholine rings is 1. The lowest BCUT2D eigenvalue weighted by atomic mass is 10.0. The molecule has 1 saturated heterocycles. The third kappa shape index (κ3) is 4.56. The van der Waals surface area contributed by atoms with Crippen molar-refractivity contribution >= 4 is 5.91 Å². The molecule has 1 aromatic carbocycles. The molecule has 138 valence electrons. The zero-order valence-electron chi connectivity index (χ0n) is 15.1. The number of hydrogen-bond acceptors (Lipinski definition) is 6. The van der Waals surface area contributed by atoms with Crippen LogP contribution in [0.1, 0.15) is 27.8 Å². The molecule has 7 nitrogen and oxygen atoms in total. The summed E-state index contributed by atoms with van der Waals surface area (Å²) in [5.74, 6) is 0.595. The van der Waals surface area contributed by atoms with Crippen LogP contribution in [0.5, 0.6) is 5.75 Å². The Morgan fingerprint density at radius 2 is 1.96 bits per heavy atom. The van der Waals surface area contributed by atoms with Gasteiger partial charge in [0.15, 0.2) is 0 Å². The number of hydrogen-bond donors (Lipinski definition) is 1. The van der Waals surface area contributed by atoms with Gasteiger partial charge in [-0.15, -0.1) is 0 Å². The topological polar surface area (TPSA) is 76.6 Å². The van der Waals surface area contributed by atoms with Crippen LogP contribution < -0.4 is 10.1 Å². The number of aromatic nitrogens is 2. The van der Waals surface area contributed by atoms with E-state index in [-0.39, 0.29) is 11.9 Å². The van der Waals surface area contributed by atoms with Crippen molar-refractivity contribution in [2.24, 2.45) is 0 Å². The van der Waals surface area contributed by atoms with Crippen molar-refractivity contribution in [1.29, 1.82) is 0 Å². The third-order valence-electron chi connectivity index (χ3n) is 4.46. The number of methoxy groups -OCH3 is 1. The standard InChI is InChI=1S/C19H24N4O3/c1-14-11-21-17(12-20-14)19(24)22-13-18(23-7-9-26-10-8-23)15-3-5-16(25-2)6-4-15/h3-6,11-12,18H,7-10,13H2,1-2H3,(H,22,24)/t18-/m1/s1. The highest BCUT2D eigenvalue weighted by Crippen LogP contribution is 2.23. The molecule has 1 aliphatic rings. The first-order chi connectivity index (χ1) is 12.7. The van der Waals surface area contributed by atoms with Crippen LogP contribution in [0, 0.1) is 6.92 Å². The Hall–Kier alpha value is -2.51. The Kier molecular flexibility index (Phi) is 6.14. The molecule has 0 bridgehead atoms. The number of amides is 1. The fourth-order valence-corrected chi connectivity index (χ4v) is 2.96. The number of nitrogens with one attached hydrogen (secondary N) is 1. The van der Waals surface area contributed by atoms with Gasteiger partial charge in [0.05, 0.1) is 38.3 Å². The molecule has 3 rings (SSSR count). The van der Waals surface area contributed by atoms with Gasteiger partial charge in [-0.05, 0) is 24.6 Å². The first-order valence-corrected chi connectivity index (χ1v) is 8.70. The predicted molar refractivity (Wildman–Crippen MR) is 97.2 cm³/mol. The molecule has 7 heteroatoms. The largest absolute Gasteiger partial charge is 0.497 e. The van der Waals surface area contributed by atoms with Gasteiger partial charge in [-0.1, -0.05) is 12.1 Å². The molecule has 2 heterocycles. The van der Waals surface area contributed by atoms with Gasteiger partial charge in [-0.25, -0.2) is 4.98 Å². The summed E-state index contributed by atoms with van der Waals surface area (Å²) in [7, 11) is 1.65. The Morgan fingerprint density at radius 3 is 2.58 bits per heavy atom. The summed E-state index contributed by atoms with van der Waals surface area (Å²) in [5, 5.41) is 2.99. The average Bonchev–Trinajstić information content (AvgIpc) is 2.70. The number of rotatable bonds is 6. The van der Waals surface area contributed by atoms with Crippen molar-refractivity contribution in [1.82, 2.24) is 20.2 Å². The quantitative estimate of drug-likeness (QED) is 0.847. The van der Waals surface area contributed by atoms with Gasteiger partial charge >= 0.3 is 0 Å². The molecule has 2 aromatic rings. The minimum absolute atomic E-state index is 0.0622. The summed E-state index contributed by atoms with van der Waals surface area (Å²) in [4.78, 5) is 23.0. The lowest BCUT2D eigenvalue weighted by Gasteiger charge is -2.35. The van der Waals surface area contributed by atoms with Crippen LogP contribution in [-0.4, -0.2) is 60.7 Å². The molecule has 0 unspecified atom stereocenters. The molecule has 0 radical (unpaired) electrons. The van der Waals surface area contributed by atoms with Gasteiger partial charge in [0.1, 0.15) is 11.4 Å². The molecule has 0 saturated carbocycles. The van der Waals surface area contributed by atoms with Crippen molar-refractivity contribution in [3.05, 3.63) is 53.6 Å². The summed E-state index contributed by atoms with van der Waals surface area (Å²) in [5.41, 5.74) is 2.24. The maximum atomic E-state index is 12.4. The van der Waals surface area contributed by atoms with Crippen LogP contribution in [0.15, 0.2) is 36.7 Å². The molecule has 0 aliphatic carbocycles. The Bertz CT molecular complexity index is 713. The third-order valence-corrected chi connectivity index (χ3v) is 4.46. The summed E-state index contributed by atoms with van der Waals surface area (Å²) < 4.78 is 10.7. The van der Waals surface area contributed by atoms with E-state index in [1.807, 2.05) is 31.2 Å². The van der Waals surface area contributed by atoms with Gasteiger partial charge in [0.25, 0.3) is 5.91 Å². The first-order valence-electron chi connectivity index (χ1n) is 8.70. The van der Waals surface area contributed by atoms with Crippen LogP contribution in [0.3, 0.4) is 0 Å². The van der Waals surface area contributed by atoms with Crippen LogP contribution >= 0.6 is 0 Å². The van der Waals surface area contributed by atoms with Crippen molar-refractivity contribution < 1.29 is 14.3 Å². The van der Waals surface area contributed by atoms with Crippen LogP contribution in [0.4, 0.5) is 0 Å². The van der Waals surface area contributed by atoms with Crippen molar-refractivity contribution in [3.8, 4) is 5.75 Å². The van der Waals surface area contributed by atoms with Crippen LogP contribution in [-0.2, 0) is 4.74 Å². The lowest BCUT2D eigenvalue weighted by Crippen LogP contribution is -2.43. The lowest BCUT2D eigenvalue weighted by molar-refractivity contribution is 0.0162. The van der Waals surface area contributed by atoms with Gasteiger partial charge in [0, 0.05) is 25.8 Å². The summed E-state index contributed by atoms with van der Waals surface area (Å²) in [6.45, 7) is 5.38. The number of carbonyl (C=O) groups excluding carboxylic acids is 1. The highest BCUT2D eigenvalue weighted by atomic mass is 16.5.